The zero-order chi connectivity index (χ0) is 11.4. The highest BCUT2D eigenvalue weighted by Gasteiger charge is 2.05. The fourth-order valence-electron chi connectivity index (χ4n) is 0.948. The quantitative estimate of drug-likeness (QED) is 0.462. The summed E-state index contributed by atoms with van der Waals surface area (Å²) >= 11 is 0. The van der Waals surface area contributed by atoms with E-state index >= 15 is 0 Å². The van der Waals surface area contributed by atoms with E-state index in [1.807, 2.05) is 0 Å². The second-order valence-electron chi connectivity index (χ2n) is 2.75. The Bertz CT molecular complexity index is 416. The van der Waals surface area contributed by atoms with Crippen molar-refractivity contribution in [2.24, 2.45) is 0 Å². The molecule has 0 saturated carbocycles. The van der Waals surface area contributed by atoms with E-state index in [0.29, 0.717) is 0 Å². The van der Waals surface area contributed by atoms with Gasteiger partial charge in [0.2, 0.25) is 0 Å². The summed E-state index contributed by atoms with van der Waals surface area (Å²) in [6.07, 6.45) is 2.33. The van der Waals surface area contributed by atoms with Crippen molar-refractivity contribution in [2.45, 2.75) is 0 Å². The number of nitrogen functional groups attached to an aromatic ring is 1. The zero-order valence-electron chi connectivity index (χ0n) is 7.96. The predicted molar refractivity (Wildman–Crippen MR) is 51.8 cm³/mol. The number of rotatable bonds is 2. The first-order chi connectivity index (χ1) is 7.04. The molecule has 1 aromatic carbocycles. The van der Waals surface area contributed by atoms with Crippen molar-refractivity contribution in [2.75, 3.05) is 12.8 Å². The van der Waals surface area contributed by atoms with Gasteiger partial charge in [0.1, 0.15) is 0 Å². The minimum atomic E-state index is -1.03. The standard InChI is InChI=1S/C10H9F2NO2/c1-15-10(14)3-2-6-4-7(11)8(12)5-9(6)13/h2-5H,13H2,1H3. The maximum atomic E-state index is 12.8. The summed E-state index contributed by atoms with van der Waals surface area (Å²) in [6.45, 7) is 0. The van der Waals surface area contributed by atoms with Crippen LogP contribution in [0.15, 0.2) is 18.2 Å². The van der Waals surface area contributed by atoms with Crippen LogP contribution in [-0.2, 0) is 9.53 Å². The van der Waals surface area contributed by atoms with Crippen LogP contribution in [0.1, 0.15) is 5.56 Å². The molecule has 0 aromatic heterocycles. The van der Waals surface area contributed by atoms with Crippen molar-refractivity contribution in [3.05, 3.63) is 35.4 Å². The molecule has 0 aliphatic rings. The van der Waals surface area contributed by atoms with Gasteiger partial charge in [-0.15, -0.1) is 0 Å². The molecule has 0 saturated heterocycles. The smallest absolute Gasteiger partial charge is 0.330 e. The van der Waals surface area contributed by atoms with Crippen LogP contribution in [0.3, 0.4) is 0 Å². The van der Waals surface area contributed by atoms with E-state index in [9.17, 15) is 13.6 Å². The minimum Gasteiger partial charge on any atom is -0.466 e. The van der Waals surface area contributed by atoms with Crippen molar-refractivity contribution in [3.8, 4) is 0 Å². The number of carbonyl (C=O) groups excluding carboxylic acids is 1. The summed E-state index contributed by atoms with van der Waals surface area (Å²) in [6, 6.07) is 1.76. The number of hydrogen-bond acceptors (Lipinski definition) is 3. The van der Waals surface area contributed by atoms with Gasteiger partial charge in [-0.1, -0.05) is 0 Å². The molecule has 0 amide bonds. The van der Waals surface area contributed by atoms with Gasteiger partial charge in [-0.05, 0) is 12.1 Å². The number of esters is 1. The van der Waals surface area contributed by atoms with Gasteiger partial charge < -0.3 is 10.5 Å². The molecule has 5 heteroatoms. The first kappa shape index (κ1) is 11.2. The van der Waals surface area contributed by atoms with Crippen molar-refractivity contribution in [1.29, 1.82) is 0 Å². The third-order valence-electron chi connectivity index (χ3n) is 1.73. The fraction of sp³-hybridized carbons (Fsp3) is 0.100. The van der Waals surface area contributed by atoms with Crippen LogP contribution < -0.4 is 5.73 Å². The second kappa shape index (κ2) is 4.54. The molecule has 2 N–H and O–H groups in total. The number of halogens is 2. The van der Waals surface area contributed by atoms with Crippen molar-refractivity contribution < 1.29 is 18.3 Å². The molecule has 0 heterocycles. The fourth-order valence-corrected chi connectivity index (χ4v) is 0.948. The molecule has 0 unspecified atom stereocenters. The van der Waals surface area contributed by atoms with Gasteiger partial charge in [0.25, 0.3) is 0 Å². The molecular weight excluding hydrogens is 204 g/mol. The lowest BCUT2D eigenvalue weighted by atomic mass is 10.1. The summed E-state index contributed by atoms with van der Waals surface area (Å²) in [7, 11) is 1.21. The van der Waals surface area contributed by atoms with Gasteiger partial charge in [0.15, 0.2) is 11.6 Å². The molecule has 0 aliphatic heterocycles. The Balaban J connectivity index is 3.00. The molecule has 0 bridgehead atoms. The molecule has 3 nitrogen and oxygen atoms in total. The molecule has 1 rings (SSSR count). The molecule has 0 atom stereocenters. The number of nitrogens with two attached hydrogens (primary N) is 1. The van der Waals surface area contributed by atoms with Gasteiger partial charge in [-0.2, -0.15) is 0 Å². The Morgan fingerprint density at radius 3 is 2.60 bits per heavy atom. The number of benzene rings is 1. The van der Waals surface area contributed by atoms with E-state index in [2.05, 4.69) is 4.74 Å². The molecule has 80 valence electrons. The maximum absolute atomic E-state index is 12.8. The lowest BCUT2D eigenvalue weighted by Gasteiger charge is -2.01. The maximum Gasteiger partial charge on any atom is 0.330 e. The van der Waals surface area contributed by atoms with Crippen LogP contribution in [0, 0.1) is 11.6 Å². The Labute approximate surface area is 85.1 Å². The highest BCUT2D eigenvalue weighted by molar-refractivity contribution is 5.88. The van der Waals surface area contributed by atoms with E-state index in [4.69, 9.17) is 5.73 Å². The molecular formula is C10H9F2NO2. The second-order valence-corrected chi connectivity index (χ2v) is 2.75. The summed E-state index contributed by atoms with van der Waals surface area (Å²) in [4.78, 5) is 10.7. The highest BCUT2D eigenvalue weighted by atomic mass is 19.2. The monoisotopic (exact) mass is 213 g/mol. The van der Waals surface area contributed by atoms with Crippen molar-refractivity contribution in [3.63, 3.8) is 0 Å². The van der Waals surface area contributed by atoms with E-state index in [-0.39, 0.29) is 11.3 Å². The first-order valence-corrected chi connectivity index (χ1v) is 4.05. The van der Waals surface area contributed by atoms with Gasteiger partial charge in [-0.25, -0.2) is 13.6 Å². The number of anilines is 1. The van der Waals surface area contributed by atoms with Gasteiger partial charge >= 0.3 is 5.97 Å². The van der Waals surface area contributed by atoms with Crippen molar-refractivity contribution in [1.82, 2.24) is 0 Å². The van der Waals surface area contributed by atoms with Crippen LogP contribution >= 0.6 is 0 Å². The Kier molecular flexibility index (Phi) is 3.38. The van der Waals surface area contributed by atoms with Crippen molar-refractivity contribution >= 4 is 17.7 Å². The topological polar surface area (TPSA) is 52.3 Å². The largest absolute Gasteiger partial charge is 0.466 e. The predicted octanol–water partition coefficient (Wildman–Crippen LogP) is 1.73. The van der Waals surface area contributed by atoms with E-state index < -0.39 is 17.6 Å². The number of ether oxygens (including phenoxy) is 1. The third kappa shape index (κ3) is 2.77. The average molecular weight is 213 g/mol. The summed E-state index contributed by atoms with van der Waals surface area (Å²) in [5.41, 5.74) is 5.68. The third-order valence-corrected chi connectivity index (χ3v) is 1.73. The van der Waals surface area contributed by atoms with Crippen LogP contribution in [0.4, 0.5) is 14.5 Å². The molecule has 15 heavy (non-hydrogen) atoms. The highest BCUT2D eigenvalue weighted by Crippen LogP contribution is 2.18. The van der Waals surface area contributed by atoms with Gasteiger partial charge in [0, 0.05) is 23.4 Å². The van der Waals surface area contributed by atoms with Gasteiger partial charge in [-0.3, -0.25) is 0 Å². The summed E-state index contributed by atoms with van der Waals surface area (Å²) in [5, 5.41) is 0. The Morgan fingerprint density at radius 1 is 1.40 bits per heavy atom. The SMILES string of the molecule is COC(=O)C=Cc1cc(F)c(F)cc1N. The van der Waals surface area contributed by atoms with Crippen LogP contribution in [0.5, 0.6) is 0 Å². The lowest BCUT2D eigenvalue weighted by molar-refractivity contribution is -0.134. The summed E-state index contributed by atoms with van der Waals surface area (Å²) < 4.78 is 29.8. The van der Waals surface area contributed by atoms with E-state index in [1.54, 1.807) is 0 Å². The Hall–Kier alpha value is -1.91. The van der Waals surface area contributed by atoms with Crippen LogP contribution in [0.25, 0.3) is 6.08 Å². The molecule has 0 fully saturated rings. The summed E-state index contributed by atoms with van der Waals surface area (Å²) in [5.74, 6) is -2.64. The number of carbonyl (C=O) groups is 1. The average Bonchev–Trinajstić information content (AvgIpc) is 2.21. The number of hydrogen-bond donors (Lipinski definition) is 1. The van der Waals surface area contributed by atoms with E-state index in [0.717, 1.165) is 18.2 Å². The molecule has 1 aromatic rings. The van der Waals surface area contributed by atoms with E-state index in [1.165, 1.54) is 13.2 Å². The molecule has 0 aliphatic carbocycles. The normalized spacial score (nSPS) is 10.6. The molecule has 0 radical (unpaired) electrons. The van der Waals surface area contributed by atoms with Gasteiger partial charge in [0.05, 0.1) is 7.11 Å². The number of methoxy groups -OCH3 is 1. The first-order valence-electron chi connectivity index (χ1n) is 4.05. The Morgan fingerprint density at radius 2 is 2.00 bits per heavy atom. The van der Waals surface area contributed by atoms with Crippen LogP contribution in [-0.4, -0.2) is 13.1 Å². The zero-order valence-corrected chi connectivity index (χ0v) is 7.96. The van der Waals surface area contributed by atoms with Crippen LogP contribution in [0.2, 0.25) is 0 Å². The minimum absolute atomic E-state index is 0.0500. The molecule has 0 spiro atoms. The lowest BCUT2D eigenvalue weighted by Crippen LogP contribution is -1.96.